The van der Waals surface area contributed by atoms with E-state index < -0.39 is 0 Å². The zero-order valence-electron chi connectivity index (χ0n) is 5.29. The van der Waals surface area contributed by atoms with E-state index >= 15 is 0 Å². The van der Waals surface area contributed by atoms with Crippen molar-refractivity contribution in [1.29, 1.82) is 0 Å². The normalized spacial score (nSPS) is 14.2. The molecule has 0 saturated heterocycles. The first kappa shape index (κ1) is 7.34. The van der Waals surface area contributed by atoms with Crippen LogP contribution >= 0.6 is 0 Å². The summed E-state index contributed by atoms with van der Waals surface area (Å²) in [7, 11) is 0. The molecule has 0 aliphatic carbocycles. The van der Waals surface area contributed by atoms with Gasteiger partial charge >= 0.3 is 0 Å². The number of allylic oxidation sites excluding steroid dienone is 1. The molecule has 0 fully saturated rings. The third-order valence-electron chi connectivity index (χ3n) is 0.884. The number of rotatable bonds is 3. The number of nitrogens with zero attached hydrogens (tertiary/aromatic N) is 1. The molecule has 0 spiro atoms. The molecule has 2 heteroatoms. The maximum absolute atomic E-state index is 9.61. The van der Waals surface area contributed by atoms with Crippen LogP contribution < -0.4 is 0 Å². The molecule has 0 amide bonds. The molecule has 0 aliphatic heterocycles. The van der Waals surface area contributed by atoms with E-state index in [0.717, 1.165) is 0 Å². The van der Waals surface area contributed by atoms with Gasteiger partial charge in [0.2, 0.25) is 0 Å². The molecule has 0 bridgehead atoms. The lowest BCUT2D eigenvalue weighted by molar-refractivity contribution is 0.736. The summed E-state index contributed by atoms with van der Waals surface area (Å²) in [5, 5.41) is 2.75. The Morgan fingerprint density at radius 1 is 1.75 bits per heavy atom. The smallest absolute Gasteiger partial charge is 0.0871 e. The summed E-state index contributed by atoms with van der Waals surface area (Å²) in [4.78, 5) is 9.61. The SMILES string of the molecule is C/C=C/C(C)CN=O. The van der Waals surface area contributed by atoms with Gasteiger partial charge in [-0.2, -0.15) is 4.91 Å². The topological polar surface area (TPSA) is 29.4 Å². The molecular formula is C6H11NO. The van der Waals surface area contributed by atoms with E-state index in [2.05, 4.69) is 5.18 Å². The van der Waals surface area contributed by atoms with Gasteiger partial charge in [-0.3, -0.25) is 0 Å². The Hall–Kier alpha value is -0.660. The molecule has 0 aromatic rings. The van der Waals surface area contributed by atoms with Crippen molar-refractivity contribution in [3.05, 3.63) is 17.1 Å². The van der Waals surface area contributed by atoms with Gasteiger partial charge in [-0.1, -0.05) is 24.3 Å². The number of hydrogen-bond acceptors (Lipinski definition) is 2. The quantitative estimate of drug-likeness (QED) is 0.406. The third kappa shape index (κ3) is 3.53. The largest absolute Gasteiger partial charge is 0.151 e. The fraction of sp³-hybridized carbons (Fsp3) is 0.667. The van der Waals surface area contributed by atoms with E-state index in [0.29, 0.717) is 12.5 Å². The van der Waals surface area contributed by atoms with Gasteiger partial charge < -0.3 is 0 Å². The summed E-state index contributed by atoms with van der Waals surface area (Å²) in [6.45, 7) is 4.28. The second kappa shape index (κ2) is 4.50. The van der Waals surface area contributed by atoms with E-state index in [4.69, 9.17) is 0 Å². The molecule has 46 valence electrons. The number of hydrogen-bond donors (Lipinski definition) is 0. The fourth-order valence-electron chi connectivity index (χ4n) is 0.507. The van der Waals surface area contributed by atoms with Crippen LogP contribution in [0.25, 0.3) is 0 Å². The van der Waals surface area contributed by atoms with Crippen LogP contribution in [-0.4, -0.2) is 6.54 Å². The standard InChI is InChI=1S/C6H11NO/c1-3-4-6(2)5-7-8/h3-4,6H,5H2,1-2H3/b4-3+. The summed E-state index contributed by atoms with van der Waals surface area (Å²) in [5.74, 6) is 0.303. The van der Waals surface area contributed by atoms with Crippen molar-refractivity contribution in [2.45, 2.75) is 13.8 Å². The Morgan fingerprint density at radius 3 is 2.75 bits per heavy atom. The molecule has 0 aliphatic rings. The van der Waals surface area contributed by atoms with E-state index in [1.165, 1.54) is 0 Å². The average Bonchev–Trinajstić information content (AvgIpc) is 1.68. The molecule has 0 aromatic heterocycles. The first-order valence-electron chi connectivity index (χ1n) is 2.73. The monoisotopic (exact) mass is 113 g/mol. The molecule has 0 N–H and O–H groups in total. The highest BCUT2D eigenvalue weighted by Gasteiger charge is 1.91. The maximum Gasteiger partial charge on any atom is 0.0871 e. The van der Waals surface area contributed by atoms with Crippen LogP contribution in [-0.2, 0) is 0 Å². The van der Waals surface area contributed by atoms with Crippen molar-refractivity contribution >= 4 is 0 Å². The second-order valence-electron chi connectivity index (χ2n) is 1.81. The van der Waals surface area contributed by atoms with Crippen molar-refractivity contribution in [2.75, 3.05) is 6.54 Å². The Labute approximate surface area is 49.6 Å². The predicted molar refractivity (Wildman–Crippen MR) is 34.6 cm³/mol. The first-order valence-corrected chi connectivity index (χ1v) is 2.73. The highest BCUT2D eigenvalue weighted by molar-refractivity contribution is 4.83. The van der Waals surface area contributed by atoms with Crippen LogP contribution in [0, 0.1) is 10.8 Å². The predicted octanol–water partition coefficient (Wildman–Crippen LogP) is 1.97. The summed E-state index contributed by atoms with van der Waals surface area (Å²) < 4.78 is 0. The Balaban J connectivity index is 3.31. The summed E-state index contributed by atoms with van der Waals surface area (Å²) >= 11 is 0. The van der Waals surface area contributed by atoms with Crippen LogP contribution in [0.5, 0.6) is 0 Å². The lowest BCUT2D eigenvalue weighted by Gasteiger charge is -1.93. The summed E-state index contributed by atoms with van der Waals surface area (Å²) in [6, 6.07) is 0. The minimum absolute atomic E-state index is 0.303. The first-order chi connectivity index (χ1) is 3.81. The third-order valence-corrected chi connectivity index (χ3v) is 0.884. The van der Waals surface area contributed by atoms with Gasteiger partial charge in [-0.25, -0.2) is 0 Å². The maximum atomic E-state index is 9.61. The number of nitroso groups, excluding NO2 is 1. The molecule has 2 nitrogen and oxygen atoms in total. The lowest BCUT2D eigenvalue weighted by Crippen LogP contribution is -1.91. The molecule has 1 atom stereocenters. The highest BCUT2D eigenvalue weighted by Crippen LogP contribution is 1.95. The van der Waals surface area contributed by atoms with Gasteiger partial charge in [-0.15, -0.1) is 0 Å². The average molecular weight is 113 g/mol. The van der Waals surface area contributed by atoms with Crippen LogP contribution in [0.3, 0.4) is 0 Å². The van der Waals surface area contributed by atoms with Crippen molar-refractivity contribution in [1.82, 2.24) is 0 Å². The van der Waals surface area contributed by atoms with Crippen LogP contribution in [0.1, 0.15) is 13.8 Å². The van der Waals surface area contributed by atoms with Gasteiger partial charge in [-0.05, 0) is 12.8 Å². The second-order valence-corrected chi connectivity index (χ2v) is 1.81. The Morgan fingerprint density at radius 2 is 2.38 bits per heavy atom. The van der Waals surface area contributed by atoms with Gasteiger partial charge in [0.15, 0.2) is 0 Å². The van der Waals surface area contributed by atoms with Crippen LogP contribution in [0.15, 0.2) is 17.3 Å². The lowest BCUT2D eigenvalue weighted by atomic mass is 10.2. The highest BCUT2D eigenvalue weighted by atomic mass is 16.3. The molecule has 0 rings (SSSR count). The van der Waals surface area contributed by atoms with Gasteiger partial charge in [0.25, 0.3) is 0 Å². The van der Waals surface area contributed by atoms with E-state index in [1.807, 2.05) is 26.0 Å². The van der Waals surface area contributed by atoms with E-state index in [1.54, 1.807) is 0 Å². The minimum atomic E-state index is 0.303. The van der Waals surface area contributed by atoms with Crippen molar-refractivity contribution < 1.29 is 0 Å². The minimum Gasteiger partial charge on any atom is -0.151 e. The molecule has 0 radical (unpaired) electrons. The molecule has 0 heterocycles. The summed E-state index contributed by atoms with van der Waals surface area (Å²) in [6.07, 6.45) is 3.89. The molecular weight excluding hydrogens is 102 g/mol. The Bertz CT molecular complexity index is 88.5. The molecule has 0 saturated carbocycles. The van der Waals surface area contributed by atoms with Gasteiger partial charge in [0.1, 0.15) is 0 Å². The van der Waals surface area contributed by atoms with Gasteiger partial charge in [0, 0.05) is 0 Å². The molecule has 8 heavy (non-hydrogen) atoms. The van der Waals surface area contributed by atoms with Crippen molar-refractivity contribution in [3.63, 3.8) is 0 Å². The Kier molecular flexibility index (Phi) is 4.13. The molecule has 1 unspecified atom stereocenters. The zero-order valence-corrected chi connectivity index (χ0v) is 5.29. The molecule has 0 aromatic carbocycles. The van der Waals surface area contributed by atoms with Crippen LogP contribution in [0.4, 0.5) is 0 Å². The van der Waals surface area contributed by atoms with Crippen LogP contribution in [0.2, 0.25) is 0 Å². The van der Waals surface area contributed by atoms with Gasteiger partial charge in [0.05, 0.1) is 6.54 Å². The summed E-state index contributed by atoms with van der Waals surface area (Å²) in [5.41, 5.74) is 0. The van der Waals surface area contributed by atoms with Crippen molar-refractivity contribution in [2.24, 2.45) is 11.1 Å². The van der Waals surface area contributed by atoms with E-state index in [9.17, 15) is 4.91 Å². The zero-order chi connectivity index (χ0) is 6.41. The fourth-order valence-corrected chi connectivity index (χ4v) is 0.507. The van der Waals surface area contributed by atoms with E-state index in [-0.39, 0.29) is 0 Å². The van der Waals surface area contributed by atoms with Crippen molar-refractivity contribution in [3.8, 4) is 0 Å².